The van der Waals surface area contributed by atoms with Crippen LogP contribution < -0.4 is 0 Å². The Morgan fingerprint density at radius 1 is 1.00 bits per heavy atom. The summed E-state index contributed by atoms with van der Waals surface area (Å²) in [4.78, 5) is 0. The maximum atomic E-state index is 4.29. The lowest BCUT2D eigenvalue weighted by Crippen LogP contribution is -2.10. The molecule has 13 heavy (non-hydrogen) atoms. The highest BCUT2D eigenvalue weighted by atomic mass is 15.2. The van der Waals surface area contributed by atoms with Crippen molar-refractivity contribution in [2.75, 3.05) is 0 Å². The van der Waals surface area contributed by atoms with Crippen molar-refractivity contribution in [3.05, 3.63) is 0 Å². The van der Waals surface area contributed by atoms with Crippen LogP contribution in [0, 0.1) is 5.92 Å². The molecule has 0 aliphatic heterocycles. The quantitative estimate of drug-likeness (QED) is 0.589. The van der Waals surface area contributed by atoms with Crippen LogP contribution in [0.3, 0.4) is 0 Å². The van der Waals surface area contributed by atoms with E-state index >= 15 is 0 Å². The van der Waals surface area contributed by atoms with E-state index in [0.29, 0.717) is 6.04 Å². The molecule has 0 spiro atoms. The lowest BCUT2D eigenvalue weighted by atomic mass is 10.1. The molecule has 0 rings (SSSR count). The summed E-state index contributed by atoms with van der Waals surface area (Å²) in [7, 11) is 0. The smallest absolute Gasteiger partial charge is 0.0732 e. The first kappa shape index (κ1) is 12.6. The third-order valence-electron chi connectivity index (χ3n) is 1.72. The van der Waals surface area contributed by atoms with E-state index in [1.807, 2.05) is 0 Å². The van der Waals surface area contributed by atoms with Crippen LogP contribution in [0.1, 0.15) is 54.4 Å². The molecule has 0 saturated heterocycles. The molecule has 0 amide bonds. The van der Waals surface area contributed by atoms with Crippen LogP contribution in [-0.2, 0) is 0 Å². The third-order valence-corrected chi connectivity index (χ3v) is 1.72. The average Bonchev–Trinajstić information content (AvgIpc) is 1.95. The highest BCUT2D eigenvalue weighted by Crippen LogP contribution is 2.12. The lowest BCUT2D eigenvalue weighted by Gasteiger charge is -2.12. The van der Waals surface area contributed by atoms with E-state index in [1.165, 1.54) is 6.42 Å². The van der Waals surface area contributed by atoms with Gasteiger partial charge in [0.1, 0.15) is 0 Å². The first-order valence-corrected chi connectivity index (χ1v) is 5.23. The van der Waals surface area contributed by atoms with Crippen molar-refractivity contribution in [2.45, 2.75) is 66.0 Å². The zero-order chi connectivity index (χ0) is 10.5. The van der Waals surface area contributed by atoms with Crippen LogP contribution in [0.4, 0.5) is 0 Å². The highest BCUT2D eigenvalue weighted by Gasteiger charge is 2.08. The summed E-state index contributed by atoms with van der Waals surface area (Å²) >= 11 is 0. The number of hydrogen-bond acceptors (Lipinski definition) is 2. The highest BCUT2D eigenvalue weighted by molar-refractivity contribution is 4.69. The third kappa shape index (κ3) is 9.51. The van der Waals surface area contributed by atoms with Gasteiger partial charge in [0.15, 0.2) is 0 Å². The monoisotopic (exact) mass is 184 g/mol. The molecule has 0 aliphatic rings. The second kappa shape index (κ2) is 5.36. The molecule has 2 nitrogen and oxygen atoms in total. The molecule has 0 fully saturated rings. The predicted octanol–water partition coefficient (Wildman–Crippen LogP) is 4.06. The largest absolute Gasteiger partial charge is 0.191 e. The summed E-state index contributed by atoms with van der Waals surface area (Å²) in [6.45, 7) is 12.8. The van der Waals surface area contributed by atoms with Crippen molar-refractivity contribution >= 4 is 0 Å². The van der Waals surface area contributed by atoms with E-state index in [2.05, 4.69) is 51.8 Å². The van der Waals surface area contributed by atoms with Gasteiger partial charge in [-0.25, -0.2) is 0 Å². The van der Waals surface area contributed by atoms with Gasteiger partial charge in [-0.1, -0.05) is 13.8 Å². The zero-order valence-electron chi connectivity index (χ0n) is 9.96. The Bertz CT molecular complexity index is 154. The molecule has 1 unspecified atom stereocenters. The summed E-state index contributed by atoms with van der Waals surface area (Å²) < 4.78 is 0. The van der Waals surface area contributed by atoms with Crippen LogP contribution in [-0.4, -0.2) is 11.6 Å². The SMILES string of the molecule is CC(C)CCC(C)N=NC(C)(C)C. The molecule has 0 aromatic rings. The maximum absolute atomic E-state index is 4.29. The fourth-order valence-corrected chi connectivity index (χ4v) is 0.904. The summed E-state index contributed by atoms with van der Waals surface area (Å²) in [5.41, 5.74) is -0.0217. The normalized spacial score (nSPS) is 15.6. The molecular weight excluding hydrogens is 160 g/mol. The molecule has 0 aromatic heterocycles. The molecule has 78 valence electrons. The molecule has 0 aliphatic carbocycles. The van der Waals surface area contributed by atoms with Crippen molar-refractivity contribution in [3.63, 3.8) is 0 Å². The van der Waals surface area contributed by atoms with E-state index < -0.39 is 0 Å². The molecule has 0 heterocycles. The summed E-state index contributed by atoms with van der Waals surface area (Å²) in [6.07, 6.45) is 2.39. The Balaban J connectivity index is 3.74. The molecular formula is C11H24N2. The van der Waals surface area contributed by atoms with Crippen molar-refractivity contribution in [1.29, 1.82) is 0 Å². The van der Waals surface area contributed by atoms with Crippen LogP contribution in [0.15, 0.2) is 10.2 Å². The van der Waals surface area contributed by atoms with Crippen LogP contribution in [0.25, 0.3) is 0 Å². The van der Waals surface area contributed by atoms with Gasteiger partial charge in [0, 0.05) is 0 Å². The van der Waals surface area contributed by atoms with E-state index in [-0.39, 0.29) is 5.54 Å². The van der Waals surface area contributed by atoms with Crippen molar-refractivity contribution in [3.8, 4) is 0 Å². The molecule has 0 aromatic carbocycles. The summed E-state index contributed by atoms with van der Waals surface area (Å²) in [5, 5.41) is 8.55. The van der Waals surface area contributed by atoms with Gasteiger partial charge in [-0.15, -0.1) is 0 Å². The van der Waals surface area contributed by atoms with Crippen molar-refractivity contribution < 1.29 is 0 Å². The molecule has 0 N–H and O–H groups in total. The van der Waals surface area contributed by atoms with Gasteiger partial charge in [0.2, 0.25) is 0 Å². The van der Waals surface area contributed by atoms with E-state index in [0.717, 1.165) is 12.3 Å². The summed E-state index contributed by atoms with van der Waals surface area (Å²) in [6, 6.07) is 0.377. The van der Waals surface area contributed by atoms with Gasteiger partial charge in [-0.2, -0.15) is 10.2 Å². The minimum absolute atomic E-state index is 0.0217. The van der Waals surface area contributed by atoms with E-state index in [9.17, 15) is 0 Å². The van der Waals surface area contributed by atoms with Crippen molar-refractivity contribution in [1.82, 2.24) is 0 Å². The maximum Gasteiger partial charge on any atom is 0.0732 e. The standard InChI is InChI=1S/C11H24N2/c1-9(2)7-8-10(3)12-13-11(4,5)6/h9-10H,7-8H2,1-6H3. The van der Waals surface area contributed by atoms with Crippen molar-refractivity contribution in [2.24, 2.45) is 16.1 Å². The van der Waals surface area contributed by atoms with Crippen LogP contribution in [0.5, 0.6) is 0 Å². The Morgan fingerprint density at radius 3 is 1.92 bits per heavy atom. The summed E-state index contributed by atoms with van der Waals surface area (Å²) in [5.74, 6) is 0.771. The first-order chi connectivity index (χ1) is 5.81. The second-order valence-electron chi connectivity index (χ2n) is 5.21. The molecule has 2 heteroatoms. The zero-order valence-corrected chi connectivity index (χ0v) is 9.96. The van der Waals surface area contributed by atoms with Crippen LogP contribution in [0.2, 0.25) is 0 Å². The Kier molecular flexibility index (Phi) is 5.19. The van der Waals surface area contributed by atoms with Gasteiger partial charge >= 0.3 is 0 Å². The Morgan fingerprint density at radius 2 is 1.54 bits per heavy atom. The van der Waals surface area contributed by atoms with Crippen LogP contribution >= 0.6 is 0 Å². The minimum atomic E-state index is -0.0217. The van der Waals surface area contributed by atoms with Gasteiger partial charge in [-0.05, 0) is 46.5 Å². The fourth-order valence-electron chi connectivity index (χ4n) is 0.904. The molecule has 0 radical (unpaired) electrons. The van der Waals surface area contributed by atoms with E-state index in [4.69, 9.17) is 0 Å². The minimum Gasteiger partial charge on any atom is -0.191 e. The average molecular weight is 184 g/mol. The Hall–Kier alpha value is -0.400. The Labute approximate surface area is 82.8 Å². The van der Waals surface area contributed by atoms with Gasteiger partial charge in [-0.3, -0.25) is 0 Å². The lowest BCUT2D eigenvalue weighted by molar-refractivity contribution is 0.471. The van der Waals surface area contributed by atoms with E-state index in [1.54, 1.807) is 0 Å². The number of hydrogen-bond donors (Lipinski definition) is 0. The van der Waals surface area contributed by atoms with Gasteiger partial charge in [0.05, 0.1) is 11.6 Å². The van der Waals surface area contributed by atoms with Gasteiger partial charge in [0.25, 0.3) is 0 Å². The first-order valence-electron chi connectivity index (χ1n) is 5.23. The number of nitrogens with zero attached hydrogens (tertiary/aromatic N) is 2. The number of azo groups is 1. The molecule has 0 saturated carbocycles. The predicted molar refractivity (Wildman–Crippen MR) is 58.1 cm³/mol. The second-order valence-corrected chi connectivity index (χ2v) is 5.21. The topological polar surface area (TPSA) is 24.7 Å². The molecule has 0 bridgehead atoms. The molecule has 1 atom stereocenters. The number of rotatable bonds is 4. The van der Waals surface area contributed by atoms with Gasteiger partial charge < -0.3 is 0 Å². The fraction of sp³-hybridized carbons (Fsp3) is 1.00.